The molecule has 0 N–H and O–H groups in total. The monoisotopic (exact) mass is 331 g/mol. The molecule has 0 amide bonds. The van der Waals surface area contributed by atoms with Crippen LogP contribution >= 0.6 is 0 Å². The zero-order valence-corrected chi connectivity index (χ0v) is 13.6. The lowest BCUT2D eigenvalue weighted by Gasteiger charge is -2.47. The molecule has 126 valence electrons. The maximum atomic E-state index is 13.3. The zero-order chi connectivity index (χ0) is 16.7. The van der Waals surface area contributed by atoms with Crippen molar-refractivity contribution in [3.63, 3.8) is 0 Å². The van der Waals surface area contributed by atoms with Crippen molar-refractivity contribution in [1.82, 2.24) is 14.9 Å². The van der Waals surface area contributed by atoms with Crippen LogP contribution in [0.4, 0.5) is 8.78 Å². The van der Waals surface area contributed by atoms with Gasteiger partial charge in [-0.25, -0.2) is 18.7 Å². The van der Waals surface area contributed by atoms with E-state index in [0.29, 0.717) is 31.8 Å². The zero-order valence-electron chi connectivity index (χ0n) is 13.6. The molecule has 1 spiro atoms. The van der Waals surface area contributed by atoms with E-state index in [4.69, 9.17) is 4.74 Å². The molecule has 0 bridgehead atoms. The first kappa shape index (κ1) is 15.6. The van der Waals surface area contributed by atoms with Crippen LogP contribution in [0.15, 0.2) is 24.4 Å². The molecule has 1 aromatic heterocycles. The number of benzene rings is 1. The number of hydrogen-bond acceptors (Lipinski definition) is 4. The van der Waals surface area contributed by atoms with Crippen LogP contribution in [0.3, 0.4) is 0 Å². The highest BCUT2D eigenvalue weighted by molar-refractivity contribution is 5.33. The van der Waals surface area contributed by atoms with E-state index in [1.54, 1.807) is 0 Å². The molecule has 0 aliphatic carbocycles. The minimum absolute atomic E-state index is 0.355. The molecule has 0 unspecified atom stereocenters. The standard InChI is InChI=1S/C18H19F2N3O/c1-2-3-17-21-7-15-16(22-17)9-24-18(15)10-23(11-18)8-12-4-13(19)6-14(20)5-12/h4-7H,2-3,8-11H2,1H3. The van der Waals surface area contributed by atoms with Crippen LogP contribution in [0, 0.1) is 11.6 Å². The molecule has 4 rings (SSSR count). The first-order valence-electron chi connectivity index (χ1n) is 8.24. The van der Waals surface area contributed by atoms with Gasteiger partial charge in [-0.05, 0) is 24.1 Å². The van der Waals surface area contributed by atoms with Crippen LogP contribution in [0.5, 0.6) is 0 Å². The molecule has 0 saturated carbocycles. The summed E-state index contributed by atoms with van der Waals surface area (Å²) in [6, 6.07) is 3.64. The lowest BCUT2D eigenvalue weighted by Crippen LogP contribution is -2.58. The van der Waals surface area contributed by atoms with E-state index in [1.165, 1.54) is 12.1 Å². The topological polar surface area (TPSA) is 38.3 Å². The molecule has 6 heteroatoms. The number of aromatic nitrogens is 2. The van der Waals surface area contributed by atoms with Gasteiger partial charge < -0.3 is 4.74 Å². The summed E-state index contributed by atoms with van der Waals surface area (Å²) in [7, 11) is 0. The Hall–Kier alpha value is -1.92. The highest BCUT2D eigenvalue weighted by Gasteiger charge is 2.50. The van der Waals surface area contributed by atoms with E-state index in [1.807, 2.05) is 6.20 Å². The van der Waals surface area contributed by atoms with Crippen LogP contribution < -0.4 is 0 Å². The van der Waals surface area contributed by atoms with Crippen molar-refractivity contribution >= 4 is 0 Å². The minimum atomic E-state index is -0.542. The van der Waals surface area contributed by atoms with Gasteiger partial charge in [-0.1, -0.05) is 6.92 Å². The van der Waals surface area contributed by atoms with Crippen molar-refractivity contribution in [3.8, 4) is 0 Å². The molecule has 4 nitrogen and oxygen atoms in total. The number of hydrogen-bond donors (Lipinski definition) is 0. The molecular formula is C18H19F2N3O. The van der Waals surface area contributed by atoms with E-state index in [-0.39, 0.29) is 5.60 Å². The quantitative estimate of drug-likeness (QED) is 0.863. The third kappa shape index (κ3) is 2.70. The van der Waals surface area contributed by atoms with Gasteiger partial charge in [0.15, 0.2) is 0 Å². The molecule has 0 atom stereocenters. The number of halogens is 2. The number of likely N-dealkylation sites (tertiary alicyclic amines) is 1. The lowest BCUT2D eigenvalue weighted by molar-refractivity contribution is -0.145. The van der Waals surface area contributed by atoms with Gasteiger partial charge in [-0.2, -0.15) is 0 Å². The van der Waals surface area contributed by atoms with Crippen LogP contribution in [-0.2, 0) is 29.9 Å². The average Bonchev–Trinajstić information content (AvgIpc) is 2.85. The summed E-state index contributed by atoms with van der Waals surface area (Å²) < 4.78 is 32.6. The SMILES string of the molecule is CCCc1ncc2c(n1)COC21CN(Cc2cc(F)cc(F)c2)C1. The predicted molar refractivity (Wildman–Crippen MR) is 84.1 cm³/mol. The predicted octanol–water partition coefficient (Wildman–Crippen LogP) is 2.95. The van der Waals surface area contributed by atoms with E-state index < -0.39 is 11.6 Å². The van der Waals surface area contributed by atoms with Crippen LogP contribution in [0.25, 0.3) is 0 Å². The summed E-state index contributed by atoms with van der Waals surface area (Å²) in [4.78, 5) is 11.2. The van der Waals surface area contributed by atoms with Gasteiger partial charge in [0.25, 0.3) is 0 Å². The van der Waals surface area contributed by atoms with Gasteiger partial charge >= 0.3 is 0 Å². The molecule has 24 heavy (non-hydrogen) atoms. The largest absolute Gasteiger partial charge is 0.361 e. The molecule has 1 aromatic carbocycles. The Morgan fingerprint density at radius 1 is 1.21 bits per heavy atom. The van der Waals surface area contributed by atoms with Crippen molar-refractivity contribution in [2.75, 3.05) is 13.1 Å². The third-order valence-electron chi connectivity index (χ3n) is 4.65. The fraction of sp³-hybridized carbons (Fsp3) is 0.444. The summed E-state index contributed by atoms with van der Waals surface area (Å²) in [6.45, 7) is 4.50. The Bertz CT molecular complexity index is 755. The molecular weight excluding hydrogens is 312 g/mol. The second kappa shape index (κ2) is 5.86. The average molecular weight is 331 g/mol. The molecule has 1 saturated heterocycles. The molecule has 3 heterocycles. The number of nitrogens with zero attached hydrogens (tertiary/aromatic N) is 3. The number of aryl methyl sites for hydroxylation is 1. The van der Waals surface area contributed by atoms with Gasteiger partial charge in [0.1, 0.15) is 23.1 Å². The molecule has 0 radical (unpaired) electrons. The first-order valence-corrected chi connectivity index (χ1v) is 8.24. The van der Waals surface area contributed by atoms with Crippen molar-refractivity contribution in [2.24, 2.45) is 0 Å². The van der Waals surface area contributed by atoms with E-state index in [0.717, 1.165) is 36.0 Å². The second-order valence-electron chi connectivity index (χ2n) is 6.60. The normalized spacial score (nSPS) is 18.6. The second-order valence-corrected chi connectivity index (χ2v) is 6.60. The van der Waals surface area contributed by atoms with Crippen LogP contribution in [-0.4, -0.2) is 28.0 Å². The molecule has 2 aliphatic rings. The van der Waals surface area contributed by atoms with Gasteiger partial charge in [0, 0.05) is 43.9 Å². The first-order chi connectivity index (χ1) is 11.6. The van der Waals surface area contributed by atoms with Gasteiger partial charge in [-0.15, -0.1) is 0 Å². The van der Waals surface area contributed by atoms with Crippen molar-refractivity contribution < 1.29 is 13.5 Å². The van der Waals surface area contributed by atoms with Gasteiger partial charge in [0.2, 0.25) is 0 Å². The fourth-order valence-corrected chi connectivity index (χ4v) is 3.59. The molecule has 2 aliphatic heterocycles. The summed E-state index contributed by atoms with van der Waals surface area (Å²) in [6.07, 6.45) is 3.78. The summed E-state index contributed by atoms with van der Waals surface area (Å²) >= 11 is 0. The number of fused-ring (bicyclic) bond motifs is 2. The Balaban J connectivity index is 1.46. The maximum absolute atomic E-state index is 13.3. The Morgan fingerprint density at radius 2 is 1.96 bits per heavy atom. The lowest BCUT2D eigenvalue weighted by atomic mass is 9.87. The minimum Gasteiger partial charge on any atom is -0.361 e. The highest BCUT2D eigenvalue weighted by Crippen LogP contribution is 2.43. The van der Waals surface area contributed by atoms with Crippen molar-refractivity contribution in [1.29, 1.82) is 0 Å². The third-order valence-corrected chi connectivity index (χ3v) is 4.65. The Morgan fingerprint density at radius 3 is 2.67 bits per heavy atom. The number of ether oxygens (including phenoxy) is 1. The van der Waals surface area contributed by atoms with E-state index in [2.05, 4.69) is 21.8 Å². The summed E-state index contributed by atoms with van der Waals surface area (Å²) in [5.74, 6) is -0.220. The van der Waals surface area contributed by atoms with Gasteiger partial charge in [0.05, 0.1) is 12.3 Å². The van der Waals surface area contributed by atoms with Gasteiger partial charge in [-0.3, -0.25) is 4.90 Å². The van der Waals surface area contributed by atoms with Crippen LogP contribution in [0.1, 0.15) is 36.0 Å². The number of rotatable bonds is 4. The summed E-state index contributed by atoms with van der Waals surface area (Å²) in [5, 5.41) is 0. The fourth-order valence-electron chi connectivity index (χ4n) is 3.59. The van der Waals surface area contributed by atoms with Crippen LogP contribution in [0.2, 0.25) is 0 Å². The smallest absolute Gasteiger partial charge is 0.128 e. The highest BCUT2D eigenvalue weighted by atomic mass is 19.1. The Labute approximate surface area is 139 Å². The van der Waals surface area contributed by atoms with E-state index in [9.17, 15) is 8.78 Å². The van der Waals surface area contributed by atoms with E-state index >= 15 is 0 Å². The molecule has 1 fully saturated rings. The Kier molecular flexibility index (Phi) is 3.81. The van der Waals surface area contributed by atoms with Crippen molar-refractivity contribution in [2.45, 2.75) is 38.5 Å². The maximum Gasteiger partial charge on any atom is 0.128 e. The molecule has 2 aromatic rings. The summed E-state index contributed by atoms with van der Waals surface area (Å²) in [5.41, 5.74) is 2.32. The van der Waals surface area contributed by atoms with Crippen molar-refractivity contribution in [3.05, 3.63) is 58.7 Å².